The summed E-state index contributed by atoms with van der Waals surface area (Å²) in [6.45, 7) is 3.52. The molecule has 2 saturated carbocycles. The fourth-order valence-electron chi connectivity index (χ4n) is 3.80. The molecule has 9 heteroatoms. The van der Waals surface area contributed by atoms with Gasteiger partial charge >= 0.3 is 0 Å². The number of carbonyl (C=O) groups excluding carboxylic acids is 2. The average molecular weight is 415 g/mol. The number of aromatic nitrogens is 4. The Hall–Kier alpha value is -2.84. The molecule has 0 N–H and O–H groups in total. The summed E-state index contributed by atoms with van der Waals surface area (Å²) >= 11 is 0. The highest BCUT2D eigenvalue weighted by Gasteiger charge is 2.32. The Balaban J connectivity index is 0.000000177. The Bertz CT molecular complexity index is 914. The molecule has 2 heterocycles. The van der Waals surface area contributed by atoms with E-state index in [1.54, 1.807) is 13.8 Å². The molecule has 2 fully saturated rings. The van der Waals surface area contributed by atoms with Crippen LogP contribution < -0.4 is 0 Å². The van der Waals surface area contributed by atoms with Crippen molar-refractivity contribution < 1.29 is 18.6 Å². The van der Waals surface area contributed by atoms with Gasteiger partial charge in [0.05, 0.1) is 5.92 Å². The van der Waals surface area contributed by atoms with Crippen LogP contribution in [0.2, 0.25) is 0 Å². The van der Waals surface area contributed by atoms with E-state index >= 15 is 0 Å². The van der Waals surface area contributed by atoms with Crippen LogP contribution in [-0.2, 0) is 9.59 Å². The summed E-state index contributed by atoms with van der Waals surface area (Å²) in [7, 11) is 3.83. The highest BCUT2D eigenvalue weighted by Crippen LogP contribution is 2.32. The molecule has 0 spiro atoms. The number of carbonyl (C=O) groups is 2. The number of hydrogen-bond donors (Lipinski definition) is 0. The van der Waals surface area contributed by atoms with Gasteiger partial charge in [-0.25, -0.2) is 0 Å². The highest BCUT2D eigenvalue weighted by molar-refractivity contribution is 6.00. The first-order chi connectivity index (χ1) is 14.3. The maximum Gasteiger partial charge on any atom is 0.237 e. The second kappa shape index (κ2) is 9.77. The monoisotopic (exact) mass is 415 g/mol. The van der Waals surface area contributed by atoms with E-state index in [2.05, 4.69) is 20.3 Å². The Morgan fingerprint density at radius 2 is 1.47 bits per heavy atom. The lowest BCUT2D eigenvalue weighted by atomic mass is 9.84. The zero-order valence-corrected chi connectivity index (χ0v) is 18.1. The van der Waals surface area contributed by atoms with E-state index < -0.39 is 0 Å². The lowest BCUT2D eigenvalue weighted by molar-refractivity contribution is -0.122. The summed E-state index contributed by atoms with van der Waals surface area (Å²) in [6.07, 6.45) is 8.11. The minimum Gasteiger partial charge on any atom is -0.383 e. The van der Waals surface area contributed by atoms with Crippen LogP contribution in [-0.4, -0.2) is 50.8 Å². The Morgan fingerprint density at radius 3 is 2.00 bits per heavy atom. The largest absolute Gasteiger partial charge is 0.383 e. The van der Waals surface area contributed by atoms with Crippen molar-refractivity contribution in [3.05, 3.63) is 35.2 Å². The lowest BCUT2D eigenvalue weighted by Crippen LogP contribution is -2.22. The molecule has 2 unspecified atom stereocenters. The predicted octanol–water partition coefficient (Wildman–Crippen LogP) is 3.26. The molecule has 0 saturated heterocycles. The number of hydrogen-bond acceptors (Lipinski definition) is 9. The second-order valence-electron chi connectivity index (χ2n) is 8.05. The van der Waals surface area contributed by atoms with Crippen LogP contribution in [0.1, 0.15) is 80.2 Å². The third-order valence-electron chi connectivity index (χ3n) is 5.22. The highest BCUT2D eigenvalue weighted by atomic mass is 16.5. The van der Waals surface area contributed by atoms with Gasteiger partial charge in [-0.1, -0.05) is 16.7 Å². The molecule has 2 aromatic heterocycles. The Kier molecular flexibility index (Phi) is 7.12. The number of aryl methyl sites for hydroxylation is 2. The topological polar surface area (TPSA) is 115 Å². The summed E-state index contributed by atoms with van der Waals surface area (Å²) < 4.78 is 10.1. The van der Waals surface area contributed by atoms with Gasteiger partial charge in [0, 0.05) is 32.3 Å². The molecule has 0 radical (unpaired) electrons. The first-order valence-corrected chi connectivity index (χ1v) is 10.4. The van der Waals surface area contributed by atoms with Crippen molar-refractivity contribution in [1.82, 2.24) is 25.2 Å². The van der Waals surface area contributed by atoms with Crippen LogP contribution in [0.25, 0.3) is 0 Å². The first-order valence-electron chi connectivity index (χ1n) is 10.4. The fourth-order valence-corrected chi connectivity index (χ4v) is 3.80. The quantitative estimate of drug-likeness (QED) is 0.696. The van der Waals surface area contributed by atoms with Gasteiger partial charge in [0.1, 0.15) is 11.7 Å². The second-order valence-corrected chi connectivity index (χ2v) is 8.05. The van der Waals surface area contributed by atoms with Crippen LogP contribution >= 0.6 is 0 Å². The van der Waals surface area contributed by atoms with Gasteiger partial charge in [-0.2, -0.15) is 9.97 Å². The van der Waals surface area contributed by atoms with E-state index in [0.29, 0.717) is 29.9 Å². The predicted molar refractivity (Wildman–Crippen MR) is 108 cm³/mol. The van der Waals surface area contributed by atoms with Gasteiger partial charge in [0.2, 0.25) is 11.8 Å². The maximum atomic E-state index is 12.2. The third kappa shape index (κ3) is 5.40. The number of Topliss-reactive ketones (excluding diaryl/α,β-unsaturated/α-hetero) is 2. The molecule has 162 valence electrons. The smallest absolute Gasteiger partial charge is 0.237 e. The molecule has 0 bridgehead atoms. The van der Waals surface area contributed by atoms with Gasteiger partial charge in [-0.3, -0.25) is 9.59 Å². The van der Waals surface area contributed by atoms with Gasteiger partial charge in [0.25, 0.3) is 0 Å². The molecule has 2 aliphatic carbocycles. The van der Waals surface area contributed by atoms with Crippen LogP contribution in [0.4, 0.5) is 0 Å². The minimum absolute atomic E-state index is 0.119. The van der Waals surface area contributed by atoms with Gasteiger partial charge in [0.15, 0.2) is 17.4 Å². The number of rotatable bonds is 3. The third-order valence-corrected chi connectivity index (χ3v) is 5.22. The van der Waals surface area contributed by atoms with Crippen molar-refractivity contribution in [3.63, 3.8) is 0 Å². The summed E-state index contributed by atoms with van der Waals surface area (Å²) in [5, 5.41) is 7.43. The number of allylic oxidation sites excluding steroid dienone is 1. The van der Waals surface area contributed by atoms with Crippen molar-refractivity contribution in [1.29, 1.82) is 0 Å². The lowest BCUT2D eigenvalue weighted by Gasteiger charge is -2.21. The number of ketones is 2. The number of nitrogens with zero attached hydrogens (tertiary/aromatic N) is 5. The fraction of sp³-hybridized carbons (Fsp3) is 0.619. The standard InChI is InChI=1S/C12H17N3O2.C9H12N2O2/c1-8-13-12(17-14-8)10-6-4-5-9(11(10)16)7-15(2)3;1-6-10-9(13-11-6)7-4-2-3-5-8(7)12/h7,10H,4-6H2,1-3H3;7H,2-5H2,1H3/b9-7-;. The summed E-state index contributed by atoms with van der Waals surface area (Å²) in [4.78, 5) is 33.9. The van der Waals surface area contributed by atoms with E-state index in [0.717, 1.165) is 44.1 Å². The molecule has 0 aliphatic heterocycles. The SMILES string of the molecule is Cc1noc(C2CCC/C(=C/N(C)C)C2=O)n1.Cc1noc(C2CCCCC2=O)n1. The van der Waals surface area contributed by atoms with E-state index in [-0.39, 0.29) is 23.4 Å². The average Bonchev–Trinajstić information content (AvgIpc) is 3.32. The van der Waals surface area contributed by atoms with Crippen LogP contribution in [0, 0.1) is 13.8 Å². The van der Waals surface area contributed by atoms with E-state index in [4.69, 9.17) is 9.05 Å². The van der Waals surface area contributed by atoms with Gasteiger partial charge in [-0.15, -0.1) is 0 Å². The molecule has 2 aliphatic rings. The van der Waals surface area contributed by atoms with Crippen LogP contribution in [0.3, 0.4) is 0 Å². The van der Waals surface area contributed by atoms with E-state index in [1.165, 1.54) is 0 Å². The van der Waals surface area contributed by atoms with E-state index in [1.807, 2.05) is 25.2 Å². The van der Waals surface area contributed by atoms with Gasteiger partial charge < -0.3 is 13.9 Å². The summed E-state index contributed by atoms with van der Waals surface area (Å²) in [5.74, 6) is 2.12. The van der Waals surface area contributed by atoms with Crippen molar-refractivity contribution in [3.8, 4) is 0 Å². The van der Waals surface area contributed by atoms with E-state index in [9.17, 15) is 9.59 Å². The molecular formula is C21H29N5O4. The molecule has 2 atom stereocenters. The Labute approximate surface area is 175 Å². The van der Waals surface area contributed by atoms with Crippen molar-refractivity contribution in [2.24, 2.45) is 0 Å². The van der Waals surface area contributed by atoms with Crippen LogP contribution in [0.5, 0.6) is 0 Å². The molecule has 0 aromatic carbocycles. The zero-order chi connectivity index (χ0) is 21.7. The molecule has 0 amide bonds. The van der Waals surface area contributed by atoms with Gasteiger partial charge in [-0.05, 0) is 46.0 Å². The molecule has 9 nitrogen and oxygen atoms in total. The van der Waals surface area contributed by atoms with Crippen molar-refractivity contribution in [2.45, 2.75) is 70.6 Å². The van der Waals surface area contributed by atoms with Crippen LogP contribution in [0.15, 0.2) is 20.8 Å². The molecule has 4 rings (SSSR count). The first kappa shape index (κ1) is 21.9. The molecule has 30 heavy (non-hydrogen) atoms. The summed E-state index contributed by atoms with van der Waals surface area (Å²) in [6, 6.07) is 0. The molecule has 2 aromatic rings. The minimum atomic E-state index is -0.254. The zero-order valence-electron chi connectivity index (χ0n) is 18.1. The normalized spacial score (nSPS) is 23.3. The van der Waals surface area contributed by atoms with Crippen molar-refractivity contribution in [2.75, 3.05) is 14.1 Å². The molecular weight excluding hydrogens is 386 g/mol. The Morgan fingerprint density at radius 1 is 0.867 bits per heavy atom. The summed E-state index contributed by atoms with van der Waals surface area (Å²) in [5.41, 5.74) is 0.849. The van der Waals surface area contributed by atoms with Crippen molar-refractivity contribution >= 4 is 11.6 Å². The maximum absolute atomic E-state index is 12.2.